The van der Waals surface area contributed by atoms with Crippen molar-refractivity contribution in [2.75, 3.05) is 29.9 Å². The van der Waals surface area contributed by atoms with Crippen molar-refractivity contribution in [1.82, 2.24) is 9.88 Å². The maximum atomic E-state index is 12.7. The number of aryl methyl sites for hydroxylation is 1. The van der Waals surface area contributed by atoms with Crippen LogP contribution in [0.3, 0.4) is 0 Å². The van der Waals surface area contributed by atoms with Gasteiger partial charge in [0.1, 0.15) is 5.82 Å². The van der Waals surface area contributed by atoms with E-state index in [0.29, 0.717) is 6.04 Å². The van der Waals surface area contributed by atoms with Crippen molar-refractivity contribution in [1.29, 1.82) is 0 Å². The Hall–Kier alpha value is -2.56. The zero-order valence-corrected chi connectivity index (χ0v) is 18.6. The number of nitrogens with one attached hydrogen (secondary N) is 1. The molecule has 1 fully saturated rings. The highest BCUT2D eigenvalue weighted by Crippen LogP contribution is 2.25. The number of rotatable bonds is 2. The monoisotopic (exact) mass is 396 g/mol. The topological polar surface area (TPSA) is 48.5 Å². The lowest BCUT2D eigenvalue weighted by molar-refractivity contribution is 0.177. The van der Waals surface area contributed by atoms with Crippen LogP contribution in [-0.2, 0) is 6.42 Å². The summed E-state index contributed by atoms with van der Waals surface area (Å²) in [6, 6.07) is 12.6. The molecule has 1 aromatic heterocycles. The van der Waals surface area contributed by atoms with Crippen molar-refractivity contribution in [3.8, 4) is 0 Å². The zero-order chi connectivity index (χ0) is 21.2. The third-order valence-electron chi connectivity index (χ3n) is 5.27. The number of benzene rings is 1. The largest absolute Gasteiger partial charge is 0.356 e. The molecule has 158 valence electrons. The van der Waals surface area contributed by atoms with Gasteiger partial charge in [0.15, 0.2) is 0 Å². The molecule has 1 aromatic carbocycles. The summed E-state index contributed by atoms with van der Waals surface area (Å²) in [5.74, 6) is 1.04. The molecular formula is C24H36N4O. The molecular weight excluding hydrogens is 360 g/mol. The summed E-state index contributed by atoms with van der Waals surface area (Å²) in [5.41, 5.74) is 3.36. The Labute approximate surface area is 176 Å². The second-order valence-electron chi connectivity index (χ2n) is 6.94. The summed E-state index contributed by atoms with van der Waals surface area (Å²) in [7, 11) is 0. The number of para-hydroxylation sites is 1. The zero-order valence-electron chi connectivity index (χ0n) is 18.6. The minimum absolute atomic E-state index is 0.0388. The first-order valence-corrected chi connectivity index (χ1v) is 11.0. The number of hydrogen-bond donors (Lipinski definition) is 1. The Balaban J connectivity index is 0.000000707. The molecule has 2 aromatic rings. The van der Waals surface area contributed by atoms with Crippen LogP contribution in [0, 0.1) is 6.92 Å². The van der Waals surface area contributed by atoms with Crippen molar-refractivity contribution in [3.05, 3.63) is 53.7 Å². The quantitative estimate of drug-likeness (QED) is 0.729. The number of hydrogen-bond acceptors (Lipinski definition) is 3. The number of amides is 2. The molecule has 1 N–H and O–H groups in total. The molecule has 29 heavy (non-hydrogen) atoms. The molecule has 4 rings (SSSR count). The highest BCUT2D eigenvalue weighted by atomic mass is 16.2. The fraction of sp³-hybridized carbons (Fsp3) is 0.500. The van der Waals surface area contributed by atoms with Gasteiger partial charge in [0.2, 0.25) is 0 Å². The smallest absolute Gasteiger partial charge is 0.322 e. The first-order valence-electron chi connectivity index (χ1n) is 11.0. The lowest BCUT2D eigenvalue weighted by Crippen LogP contribution is -2.49. The Kier molecular flexibility index (Phi) is 8.97. The Morgan fingerprint density at radius 3 is 2.31 bits per heavy atom. The van der Waals surface area contributed by atoms with Crippen LogP contribution >= 0.6 is 0 Å². The Morgan fingerprint density at radius 1 is 0.966 bits per heavy atom. The van der Waals surface area contributed by atoms with Crippen LogP contribution in [-0.4, -0.2) is 41.6 Å². The third kappa shape index (κ3) is 5.72. The van der Waals surface area contributed by atoms with E-state index < -0.39 is 0 Å². The standard InChI is InChI=1S/C20H24N4O.2C2H6/c1-15-6-7-19(21-14-15)23-11-9-17(10-12-23)24-13-8-16-4-2-3-5-18(16)22-20(24)25;2*1-2/h2-7,14,17H,8-13H2,1H3,(H,22,25);2*1-2H3. The van der Waals surface area contributed by atoms with Crippen LogP contribution in [0.25, 0.3) is 0 Å². The molecule has 0 spiro atoms. The molecule has 0 atom stereocenters. The average molecular weight is 397 g/mol. The average Bonchev–Trinajstić information content (AvgIpc) is 2.95. The van der Waals surface area contributed by atoms with Crippen molar-refractivity contribution in [3.63, 3.8) is 0 Å². The molecule has 0 radical (unpaired) electrons. The van der Waals surface area contributed by atoms with E-state index in [1.165, 1.54) is 11.1 Å². The summed E-state index contributed by atoms with van der Waals surface area (Å²) < 4.78 is 0. The molecule has 0 bridgehead atoms. The van der Waals surface area contributed by atoms with Gasteiger partial charge in [-0.05, 0) is 49.4 Å². The van der Waals surface area contributed by atoms with Gasteiger partial charge in [-0.1, -0.05) is 52.0 Å². The summed E-state index contributed by atoms with van der Waals surface area (Å²) in [5, 5.41) is 3.08. The Morgan fingerprint density at radius 2 is 1.66 bits per heavy atom. The van der Waals surface area contributed by atoms with Gasteiger partial charge < -0.3 is 15.1 Å². The van der Waals surface area contributed by atoms with E-state index in [1.807, 2.05) is 57.0 Å². The highest BCUT2D eigenvalue weighted by Gasteiger charge is 2.30. The number of nitrogens with zero attached hydrogens (tertiary/aromatic N) is 3. The SMILES string of the molecule is CC.CC.Cc1ccc(N2CCC(N3CCc4ccccc4NC3=O)CC2)nc1. The minimum atomic E-state index is 0.0388. The number of carbonyl (C=O) groups is 1. The number of fused-ring (bicyclic) bond motifs is 1. The molecule has 1 saturated heterocycles. The van der Waals surface area contributed by atoms with Crippen molar-refractivity contribution in [2.45, 2.75) is 59.9 Å². The molecule has 2 amide bonds. The van der Waals surface area contributed by atoms with Crippen molar-refractivity contribution >= 4 is 17.5 Å². The molecule has 5 nitrogen and oxygen atoms in total. The fourth-order valence-electron chi connectivity index (χ4n) is 3.79. The van der Waals surface area contributed by atoms with Crippen LogP contribution in [0.2, 0.25) is 0 Å². The maximum absolute atomic E-state index is 12.7. The van der Waals surface area contributed by atoms with Gasteiger partial charge in [0.05, 0.1) is 0 Å². The van der Waals surface area contributed by atoms with Gasteiger partial charge in [0.25, 0.3) is 0 Å². The Bertz CT molecular complexity index is 752. The maximum Gasteiger partial charge on any atom is 0.322 e. The molecule has 5 heteroatoms. The predicted octanol–water partition coefficient (Wildman–Crippen LogP) is 5.50. The van der Waals surface area contributed by atoms with Gasteiger partial charge in [-0.2, -0.15) is 0 Å². The van der Waals surface area contributed by atoms with E-state index in [4.69, 9.17) is 0 Å². The third-order valence-corrected chi connectivity index (χ3v) is 5.27. The van der Waals surface area contributed by atoms with Crippen LogP contribution in [0.5, 0.6) is 0 Å². The van der Waals surface area contributed by atoms with Crippen molar-refractivity contribution in [2.24, 2.45) is 0 Å². The predicted molar refractivity (Wildman–Crippen MR) is 123 cm³/mol. The van der Waals surface area contributed by atoms with Crippen molar-refractivity contribution < 1.29 is 4.79 Å². The van der Waals surface area contributed by atoms with E-state index in [0.717, 1.165) is 50.4 Å². The molecule has 2 aliphatic heterocycles. The number of piperidine rings is 1. The van der Waals surface area contributed by atoms with Gasteiger partial charge >= 0.3 is 6.03 Å². The van der Waals surface area contributed by atoms with Gasteiger partial charge in [-0.15, -0.1) is 0 Å². The molecule has 0 unspecified atom stereocenters. The number of pyridine rings is 1. The van der Waals surface area contributed by atoms with Gasteiger partial charge in [-0.3, -0.25) is 0 Å². The highest BCUT2D eigenvalue weighted by molar-refractivity contribution is 5.91. The number of urea groups is 1. The number of carbonyl (C=O) groups excluding carboxylic acids is 1. The van der Waals surface area contributed by atoms with E-state index >= 15 is 0 Å². The van der Waals surface area contributed by atoms with Gasteiger partial charge in [-0.25, -0.2) is 9.78 Å². The molecule has 0 aliphatic carbocycles. The lowest BCUT2D eigenvalue weighted by atomic mass is 10.0. The summed E-state index contributed by atoms with van der Waals surface area (Å²) in [6.07, 6.45) is 4.80. The second kappa shape index (κ2) is 11.4. The number of anilines is 2. The molecule has 0 saturated carbocycles. The van der Waals surface area contributed by atoms with Crippen LogP contribution in [0.1, 0.15) is 51.7 Å². The van der Waals surface area contributed by atoms with E-state index in [1.54, 1.807) is 0 Å². The van der Waals surface area contributed by atoms with Gasteiger partial charge in [0, 0.05) is 37.6 Å². The first-order chi connectivity index (χ1) is 14.2. The minimum Gasteiger partial charge on any atom is -0.356 e. The summed E-state index contributed by atoms with van der Waals surface area (Å²) >= 11 is 0. The van der Waals surface area contributed by atoms with E-state index in [2.05, 4.69) is 40.3 Å². The summed E-state index contributed by atoms with van der Waals surface area (Å²) in [4.78, 5) is 21.5. The van der Waals surface area contributed by atoms with E-state index in [9.17, 15) is 4.79 Å². The summed E-state index contributed by atoms with van der Waals surface area (Å²) in [6.45, 7) is 12.7. The molecule has 2 aliphatic rings. The van der Waals surface area contributed by atoms with Crippen LogP contribution in [0.4, 0.5) is 16.3 Å². The second-order valence-corrected chi connectivity index (χ2v) is 6.94. The number of aromatic nitrogens is 1. The fourth-order valence-corrected chi connectivity index (χ4v) is 3.79. The van der Waals surface area contributed by atoms with Crippen LogP contribution < -0.4 is 10.2 Å². The first kappa shape index (κ1) is 22.7. The normalized spacial score (nSPS) is 16.4. The lowest BCUT2D eigenvalue weighted by Gasteiger charge is -2.38. The van der Waals surface area contributed by atoms with Crippen LogP contribution in [0.15, 0.2) is 42.6 Å². The van der Waals surface area contributed by atoms with E-state index in [-0.39, 0.29) is 6.03 Å². The molecule has 3 heterocycles.